The monoisotopic (exact) mass is 351 g/mol. The fraction of sp³-hybridized carbons (Fsp3) is 0.611. The molecule has 1 aliphatic heterocycles. The molecule has 1 aromatic rings. The van der Waals surface area contributed by atoms with Crippen molar-refractivity contribution in [3.8, 4) is 0 Å². The average Bonchev–Trinajstić information content (AvgIpc) is 2.51. The maximum atomic E-state index is 12.2. The molecule has 1 saturated heterocycles. The van der Waals surface area contributed by atoms with Crippen LogP contribution in [0.4, 0.5) is 0 Å². The third-order valence-electron chi connectivity index (χ3n) is 4.77. The van der Waals surface area contributed by atoms with Crippen LogP contribution < -0.4 is 5.32 Å². The maximum Gasteiger partial charge on any atom is 0.193 e. The number of rotatable bonds is 3. The van der Waals surface area contributed by atoms with Gasteiger partial charge in [0, 0.05) is 26.7 Å². The minimum Gasteiger partial charge on any atom is -0.356 e. The first-order valence-electron chi connectivity index (χ1n) is 8.41. The van der Waals surface area contributed by atoms with E-state index in [2.05, 4.69) is 48.4 Å². The molecule has 1 atom stereocenters. The van der Waals surface area contributed by atoms with Crippen LogP contribution in [0.2, 0.25) is 0 Å². The molecular weight excluding hydrogens is 322 g/mol. The summed E-state index contributed by atoms with van der Waals surface area (Å²) in [7, 11) is -1.29. The molecule has 5 nitrogen and oxygen atoms in total. The first kappa shape index (κ1) is 18.8. The van der Waals surface area contributed by atoms with Gasteiger partial charge in [-0.3, -0.25) is 4.99 Å². The maximum absolute atomic E-state index is 12.2. The highest BCUT2D eigenvalue weighted by Gasteiger charge is 2.40. The Morgan fingerprint density at radius 3 is 2.50 bits per heavy atom. The summed E-state index contributed by atoms with van der Waals surface area (Å²) in [4.78, 5) is 6.39. The summed E-state index contributed by atoms with van der Waals surface area (Å²) in [5.74, 6) is 1.30. The molecule has 24 heavy (non-hydrogen) atoms. The number of aryl methyl sites for hydroxylation is 1. The van der Waals surface area contributed by atoms with Gasteiger partial charge in [-0.25, -0.2) is 8.42 Å². The van der Waals surface area contributed by atoms with Crippen molar-refractivity contribution in [2.24, 2.45) is 4.99 Å². The van der Waals surface area contributed by atoms with Crippen molar-refractivity contribution in [3.05, 3.63) is 35.4 Å². The second-order valence-electron chi connectivity index (χ2n) is 7.24. The first-order valence-corrected chi connectivity index (χ1v) is 10.1. The van der Waals surface area contributed by atoms with E-state index in [1.807, 2.05) is 4.90 Å². The SMILES string of the molecule is CN=C(NCC(C)c1ccc(C)cc1)N1CCS(=O)(=O)C(C)(C)C1. The number of guanidine groups is 1. The van der Waals surface area contributed by atoms with Crippen molar-refractivity contribution >= 4 is 15.8 Å². The van der Waals surface area contributed by atoms with E-state index in [-0.39, 0.29) is 5.75 Å². The summed E-state index contributed by atoms with van der Waals surface area (Å²) >= 11 is 0. The van der Waals surface area contributed by atoms with Gasteiger partial charge in [0.15, 0.2) is 15.8 Å². The lowest BCUT2D eigenvalue weighted by atomic mass is 10.0. The largest absolute Gasteiger partial charge is 0.356 e. The quantitative estimate of drug-likeness (QED) is 0.670. The summed E-state index contributed by atoms with van der Waals surface area (Å²) in [6, 6.07) is 8.55. The fourth-order valence-electron chi connectivity index (χ4n) is 2.91. The molecule has 0 saturated carbocycles. The van der Waals surface area contributed by atoms with Gasteiger partial charge in [-0.15, -0.1) is 0 Å². The van der Waals surface area contributed by atoms with Crippen LogP contribution in [0.1, 0.15) is 37.8 Å². The first-order chi connectivity index (χ1) is 11.2. The van der Waals surface area contributed by atoms with Crippen LogP contribution in [0.25, 0.3) is 0 Å². The van der Waals surface area contributed by atoms with Crippen molar-refractivity contribution in [3.63, 3.8) is 0 Å². The smallest absolute Gasteiger partial charge is 0.193 e. The molecule has 0 aromatic heterocycles. The Hall–Kier alpha value is -1.56. The molecule has 0 spiro atoms. The molecule has 0 radical (unpaired) electrons. The van der Waals surface area contributed by atoms with Crippen molar-refractivity contribution in [2.45, 2.75) is 38.4 Å². The molecule has 134 valence electrons. The summed E-state index contributed by atoms with van der Waals surface area (Å²) in [6.45, 7) is 9.56. The molecule has 1 aliphatic rings. The van der Waals surface area contributed by atoms with Crippen LogP contribution in [-0.4, -0.2) is 56.5 Å². The van der Waals surface area contributed by atoms with Crippen LogP contribution in [0.5, 0.6) is 0 Å². The van der Waals surface area contributed by atoms with Crippen molar-refractivity contribution in [2.75, 3.05) is 32.4 Å². The Morgan fingerprint density at radius 2 is 1.96 bits per heavy atom. The zero-order chi connectivity index (χ0) is 18.0. The lowest BCUT2D eigenvalue weighted by molar-refractivity contribution is 0.352. The fourth-order valence-corrected chi connectivity index (χ4v) is 4.28. The van der Waals surface area contributed by atoms with Crippen molar-refractivity contribution < 1.29 is 8.42 Å². The predicted molar refractivity (Wildman–Crippen MR) is 100 cm³/mol. The highest BCUT2D eigenvalue weighted by atomic mass is 32.2. The van der Waals surface area contributed by atoms with Gasteiger partial charge in [0.2, 0.25) is 0 Å². The Balaban J connectivity index is 1.99. The molecule has 2 rings (SSSR count). The third kappa shape index (κ3) is 4.09. The Kier molecular flexibility index (Phi) is 5.58. The Labute approximate surface area is 146 Å². The van der Waals surface area contributed by atoms with E-state index < -0.39 is 14.6 Å². The predicted octanol–water partition coefficient (Wildman–Crippen LogP) is 2.18. The molecular formula is C18H29N3O2S. The minimum absolute atomic E-state index is 0.175. The molecule has 1 fully saturated rings. The number of benzene rings is 1. The van der Waals surface area contributed by atoms with Crippen LogP contribution in [-0.2, 0) is 9.84 Å². The molecule has 1 aromatic carbocycles. The minimum atomic E-state index is -3.04. The van der Waals surface area contributed by atoms with Crippen LogP contribution in [0.3, 0.4) is 0 Å². The standard InChI is InChI=1S/C18H29N3O2S/c1-14-6-8-16(9-7-14)15(2)12-20-17(19-5)21-10-11-24(22,23)18(3,4)13-21/h6-9,15H,10-13H2,1-5H3,(H,19,20). The molecule has 1 N–H and O–H groups in total. The summed E-state index contributed by atoms with van der Waals surface area (Å²) < 4.78 is 23.6. The summed E-state index contributed by atoms with van der Waals surface area (Å²) in [5.41, 5.74) is 2.54. The number of nitrogens with one attached hydrogen (secondary N) is 1. The number of aliphatic imine (C=N–C) groups is 1. The van der Waals surface area contributed by atoms with Crippen LogP contribution >= 0.6 is 0 Å². The normalized spacial score (nSPS) is 21.4. The van der Waals surface area contributed by atoms with E-state index in [0.29, 0.717) is 19.0 Å². The Bertz CT molecular complexity index is 693. The van der Waals surface area contributed by atoms with Gasteiger partial charge < -0.3 is 10.2 Å². The molecule has 6 heteroatoms. The third-order valence-corrected chi connectivity index (χ3v) is 7.30. The van der Waals surface area contributed by atoms with Gasteiger partial charge in [0.1, 0.15) is 0 Å². The van der Waals surface area contributed by atoms with Gasteiger partial charge in [-0.05, 0) is 32.3 Å². The lowest BCUT2D eigenvalue weighted by Crippen LogP contribution is -2.57. The molecule has 0 amide bonds. The number of hydrogen-bond acceptors (Lipinski definition) is 3. The lowest BCUT2D eigenvalue weighted by Gasteiger charge is -2.39. The van der Waals surface area contributed by atoms with Gasteiger partial charge in [0.25, 0.3) is 0 Å². The van der Waals surface area contributed by atoms with E-state index in [9.17, 15) is 8.42 Å². The van der Waals surface area contributed by atoms with E-state index in [1.54, 1.807) is 20.9 Å². The van der Waals surface area contributed by atoms with Crippen molar-refractivity contribution in [1.82, 2.24) is 10.2 Å². The van der Waals surface area contributed by atoms with Crippen LogP contribution in [0.15, 0.2) is 29.3 Å². The topological polar surface area (TPSA) is 61.8 Å². The summed E-state index contributed by atoms with van der Waals surface area (Å²) in [6.07, 6.45) is 0. The van der Waals surface area contributed by atoms with Gasteiger partial charge in [-0.1, -0.05) is 36.8 Å². The van der Waals surface area contributed by atoms with Gasteiger partial charge in [0.05, 0.1) is 10.5 Å². The van der Waals surface area contributed by atoms with E-state index >= 15 is 0 Å². The average molecular weight is 352 g/mol. The van der Waals surface area contributed by atoms with E-state index in [4.69, 9.17) is 0 Å². The zero-order valence-electron chi connectivity index (χ0n) is 15.3. The molecule has 1 heterocycles. The molecule has 0 aliphatic carbocycles. The molecule has 0 bridgehead atoms. The molecule has 1 unspecified atom stereocenters. The van der Waals surface area contributed by atoms with Gasteiger partial charge in [-0.2, -0.15) is 0 Å². The van der Waals surface area contributed by atoms with E-state index in [1.165, 1.54) is 11.1 Å². The van der Waals surface area contributed by atoms with E-state index in [0.717, 1.165) is 12.5 Å². The highest BCUT2D eigenvalue weighted by Crippen LogP contribution is 2.24. The Morgan fingerprint density at radius 1 is 1.33 bits per heavy atom. The second kappa shape index (κ2) is 7.13. The highest BCUT2D eigenvalue weighted by molar-refractivity contribution is 7.92. The number of sulfone groups is 1. The number of hydrogen-bond donors (Lipinski definition) is 1. The zero-order valence-corrected chi connectivity index (χ0v) is 16.2. The van der Waals surface area contributed by atoms with Gasteiger partial charge >= 0.3 is 0 Å². The van der Waals surface area contributed by atoms with Crippen molar-refractivity contribution in [1.29, 1.82) is 0 Å². The second-order valence-corrected chi connectivity index (χ2v) is 9.98. The summed E-state index contributed by atoms with van der Waals surface area (Å²) in [5, 5.41) is 3.40. The van der Waals surface area contributed by atoms with Crippen LogP contribution in [0, 0.1) is 6.92 Å². The number of nitrogens with zero attached hydrogens (tertiary/aromatic N) is 2.